The summed E-state index contributed by atoms with van der Waals surface area (Å²) in [4.78, 5) is 31.1. The van der Waals surface area contributed by atoms with Crippen molar-refractivity contribution in [2.75, 3.05) is 19.8 Å². The molecule has 0 spiro atoms. The van der Waals surface area contributed by atoms with Gasteiger partial charge in [-0.1, -0.05) is 23.7 Å². The van der Waals surface area contributed by atoms with Crippen molar-refractivity contribution in [2.24, 2.45) is 0 Å². The van der Waals surface area contributed by atoms with Gasteiger partial charge in [0.1, 0.15) is 24.2 Å². The molecule has 2 fully saturated rings. The van der Waals surface area contributed by atoms with Gasteiger partial charge < -0.3 is 24.4 Å². The smallest absolute Gasteiger partial charge is 0.410 e. The zero-order valence-electron chi connectivity index (χ0n) is 20.1. The number of carbonyl (C=O) groups is 2. The summed E-state index contributed by atoms with van der Waals surface area (Å²) in [6.07, 6.45) is 4.38. The van der Waals surface area contributed by atoms with Gasteiger partial charge in [0.15, 0.2) is 0 Å². The average Bonchev–Trinajstić information content (AvgIpc) is 3.51. The van der Waals surface area contributed by atoms with Crippen LogP contribution in [0.25, 0.3) is 11.1 Å². The Labute approximate surface area is 218 Å². The van der Waals surface area contributed by atoms with Gasteiger partial charge in [-0.05, 0) is 17.7 Å². The number of ether oxygens (including phenoxy) is 3. The monoisotopic (exact) mass is 523 g/mol. The fourth-order valence-corrected chi connectivity index (χ4v) is 5.11. The first-order valence-corrected chi connectivity index (χ1v) is 12.7. The van der Waals surface area contributed by atoms with Crippen molar-refractivity contribution in [1.82, 2.24) is 25.0 Å². The minimum absolute atomic E-state index is 0.00371. The molecule has 2 amide bonds. The Hall–Kier alpha value is -3.63. The molecule has 192 valence electrons. The van der Waals surface area contributed by atoms with Crippen molar-refractivity contribution < 1.29 is 23.8 Å². The summed E-state index contributed by atoms with van der Waals surface area (Å²) < 4.78 is 19.3. The Kier molecular flexibility index (Phi) is 6.43. The lowest BCUT2D eigenvalue weighted by molar-refractivity contribution is 0.0803. The Morgan fingerprint density at radius 2 is 2.05 bits per heavy atom. The molecule has 10 nitrogen and oxygen atoms in total. The number of piperidine rings is 1. The van der Waals surface area contributed by atoms with Crippen molar-refractivity contribution in [3.63, 3.8) is 0 Å². The SMILES string of the molecule is O=C(NCc1ccc(Cl)cc1)c1cc(O[C@H]2CCN3C(=O)OC[C@@H]3C2)c(-c2cnn3c2COCC3)cn1. The van der Waals surface area contributed by atoms with E-state index in [0.29, 0.717) is 63.1 Å². The largest absolute Gasteiger partial charge is 0.489 e. The molecule has 0 unspecified atom stereocenters. The Bertz CT molecular complexity index is 1330. The molecule has 5 heterocycles. The van der Waals surface area contributed by atoms with Crippen LogP contribution in [0, 0.1) is 0 Å². The third-order valence-electron chi connectivity index (χ3n) is 6.99. The number of nitrogens with one attached hydrogen (secondary N) is 1. The maximum Gasteiger partial charge on any atom is 0.410 e. The highest BCUT2D eigenvalue weighted by atomic mass is 35.5. The van der Waals surface area contributed by atoms with Crippen LogP contribution < -0.4 is 10.1 Å². The van der Waals surface area contributed by atoms with Crippen LogP contribution in [0.5, 0.6) is 5.75 Å². The van der Waals surface area contributed by atoms with Gasteiger partial charge >= 0.3 is 6.09 Å². The molecule has 2 atom stereocenters. The zero-order valence-corrected chi connectivity index (χ0v) is 20.8. The van der Waals surface area contributed by atoms with E-state index in [4.69, 9.17) is 25.8 Å². The number of carbonyl (C=O) groups excluding carboxylic acids is 2. The fraction of sp³-hybridized carbons (Fsp3) is 0.385. The molecule has 0 saturated carbocycles. The fourth-order valence-electron chi connectivity index (χ4n) is 4.99. The molecule has 3 aliphatic rings. The molecule has 3 aliphatic heterocycles. The molecule has 0 bridgehead atoms. The average molecular weight is 524 g/mol. The minimum Gasteiger partial charge on any atom is -0.489 e. The number of aromatic nitrogens is 3. The molecule has 37 heavy (non-hydrogen) atoms. The molecule has 11 heteroatoms. The van der Waals surface area contributed by atoms with Gasteiger partial charge in [0, 0.05) is 54.3 Å². The van der Waals surface area contributed by atoms with Gasteiger partial charge in [-0.2, -0.15) is 5.10 Å². The van der Waals surface area contributed by atoms with E-state index >= 15 is 0 Å². The molecular formula is C26H26ClN5O5. The van der Waals surface area contributed by atoms with Crippen molar-refractivity contribution in [2.45, 2.75) is 44.7 Å². The van der Waals surface area contributed by atoms with Gasteiger partial charge in [0.05, 0.1) is 37.7 Å². The van der Waals surface area contributed by atoms with E-state index in [1.54, 1.807) is 35.5 Å². The number of benzene rings is 1. The lowest BCUT2D eigenvalue weighted by Crippen LogP contribution is -2.44. The van der Waals surface area contributed by atoms with Gasteiger partial charge in [0.25, 0.3) is 5.91 Å². The highest BCUT2D eigenvalue weighted by Crippen LogP contribution is 2.36. The highest BCUT2D eigenvalue weighted by molar-refractivity contribution is 6.30. The maximum atomic E-state index is 13.0. The third-order valence-corrected chi connectivity index (χ3v) is 7.24. The molecule has 2 saturated heterocycles. The van der Waals surface area contributed by atoms with Crippen LogP contribution >= 0.6 is 11.6 Å². The molecular weight excluding hydrogens is 498 g/mol. The van der Waals surface area contributed by atoms with Crippen molar-refractivity contribution in [1.29, 1.82) is 0 Å². The number of rotatable bonds is 6. The van der Waals surface area contributed by atoms with E-state index in [1.165, 1.54) is 0 Å². The lowest BCUT2D eigenvalue weighted by Gasteiger charge is -2.33. The summed E-state index contributed by atoms with van der Waals surface area (Å²) in [6, 6.07) is 8.98. The number of hydrogen-bond acceptors (Lipinski definition) is 7. The second kappa shape index (κ2) is 10.0. The number of pyridine rings is 1. The Morgan fingerprint density at radius 1 is 1.19 bits per heavy atom. The first-order chi connectivity index (χ1) is 18.0. The number of fused-ring (bicyclic) bond motifs is 2. The second-order valence-corrected chi connectivity index (χ2v) is 9.78. The quantitative estimate of drug-likeness (QED) is 0.527. The van der Waals surface area contributed by atoms with Crippen LogP contribution in [0.4, 0.5) is 4.79 Å². The normalized spacial score (nSPS) is 20.7. The Morgan fingerprint density at radius 3 is 2.92 bits per heavy atom. The molecule has 1 aromatic carbocycles. The van der Waals surface area contributed by atoms with E-state index in [9.17, 15) is 9.59 Å². The highest BCUT2D eigenvalue weighted by Gasteiger charge is 2.39. The number of cyclic esters (lactones) is 1. The van der Waals surface area contributed by atoms with Crippen molar-refractivity contribution in [3.8, 4) is 16.9 Å². The van der Waals surface area contributed by atoms with Crippen LogP contribution in [0.2, 0.25) is 5.02 Å². The summed E-state index contributed by atoms with van der Waals surface area (Å²) in [5.74, 6) is 0.244. The van der Waals surface area contributed by atoms with E-state index < -0.39 is 0 Å². The van der Waals surface area contributed by atoms with Crippen LogP contribution in [-0.2, 0) is 29.2 Å². The Balaban J connectivity index is 1.26. The van der Waals surface area contributed by atoms with Crippen LogP contribution in [0.15, 0.2) is 42.7 Å². The molecule has 3 aromatic rings. The predicted octanol–water partition coefficient (Wildman–Crippen LogP) is 3.42. The molecule has 0 aliphatic carbocycles. The van der Waals surface area contributed by atoms with Gasteiger partial charge in [-0.25, -0.2) is 4.79 Å². The number of hydrogen-bond donors (Lipinski definition) is 1. The first-order valence-electron chi connectivity index (χ1n) is 12.3. The maximum absolute atomic E-state index is 13.0. The van der Waals surface area contributed by atoms with Crippen LogP contribution in [-0.4, -0.2) is 63.6 Å². The summed E-state index contributed by atoms with van der Waals surface area (Å²) in [5.41, 5.74) is 3.75. The van der Waals surface area contributed by atoms with E-state index in [2.05, 4.69) is 15.4 Å². The zero-order chi connectivity index (χ0) is 25.4. The number of amides is 2. The van der Waals surface area contributed by atoms with Crippen molar-refractivity contribution >= 4 is 23.6 Å². The van der Waals surface area contributed by atoms with Crippen molar-refractivity contribution in [3.05, 3.63) is 64.7 Å². The predicted molar refractivity (Wildman–Crippen MR) is 133 cm³/mol. The summed E-state index contributed by atoms with van der Waals surface area (Å²) in [6.45, 7) is 3.02. The molecule has 2 aromatic heterocycles. The number of halogens is 1. The standard InChI is InChI=1S/C26H26ClN5O5/c27-17-3-1-16(2-4-17)11-29-25(33)22-10-24(37-19-5-6-31-18(9-19)14-36-26(31)34)21(12-28-22)20-13-30-32-7-8-35-15-23(20)32/h1-4,10,12-13,18-19H,5-9,11,14-15H2,(H,29,33)/t18-,19-/m0/s1. The van der Waals surface area contributed by atoms with Gasteiger partial charge in [-0.15, -0.1) is 0 Å². The van der Waals surface area contributed by atoms with Gasteiger partial charge in [0.2, 0.25) is 0 Å². The van der Waals surface area contributed by atoms with E-state index in [-0.39, 0.29) is 29.8 Å². The van der Waals surface area contributed by atoms with Crippen LogP contribution in [0.1, 0.15) is 34.6 Å². The second-order valence-electron chi connectivity index (χ2n) is 9.34. The minimum atomic E-state index is -0.309. The first kappa shape index (κ1) is 23.7. The summed E-state index contributed by atoms with van der Waals surface area (Å²) >= 11 is 5.95. The number of nitrogens with zero attached hydrogens (tertiary/aromatic N) is 4. The third kappa shape index (κ3) is 4.86. The topological polar surface area (TPSA) is 108 Å². The lowest BCUT2D eigenvalue weighted by atomic mass is 10.0. The molecule has 0 radical (unpaired) electrons. The summed E-state index contributed by atoms with van der Waals surface area (Å²) in [7, 11) is 0. The van der Waals surface area contributed by atoms with E-state index in [1.807, 2.05) is 16.8 Å². The molecule has 1 N–H and O–H groups in total. The van der Waals surface area contributed by atoms with Gasteiger partial charge in [-0.3, -0.25) is 14.5 Å². The van der Waals surface area contributed by atoms with E-state index in [0.717, 1.165) is 22.4 Å². The molecule has 6 rings (SSSR count). The summed E-state index contributed by atoms with van der Waals surface area (Å²) in [5, 5.41) is 8.05. The van der Waals surface area contributed by atoms with Crippen LogP contribution in [0.3, 0.4) is 0 Å².